The summed E-state index contributed by atoms with van der Waals surface area (Å²) in [5.41, 5.74) is 1.76. The SMILES string of the molecule is COc1ccc(-c2nc(CSCC(=O)NC3CCCCC3C)co2)cc1. The van der Waals surface area contributed by atoms with Crippen LogP contribution in [0.3, 0.4) is 0 Å². The van der Waals surface area contributed by atoms with Gasteiger partial charge in [0, 0.05) is 17.4 Å². The number of hydrogen-bond donors (Lipinski definition) is 1. The van der Waals surface area contributed by atoms with Crippen LogP contribution in [0.2, 0.25) is 0 Å². The summed E-state index contributed by atoms with van der Waals surface area (Å²) >= 11 is 1.56. The molecule has 2 atom stereocenters. The fourth-order valence-corrected chi connectivity index (χ4v) is 3.98. The second kappa shape index (κ2) is 9.12. The highest BCUT2D eigenvalue weighted by Crippen LogP contribution is 2.25. The van der Waals surface area contributed by atoms with Crippen LogP contribution in [0.1, 0.15) is 38.3 Å². The number of benzene rings is 1. The molecule has 1 aromatic heterocycles. The number of amides is 1. The second-order valence-corrected chi connectivity index (χ2v) is 7.79. The van der Waals surface area contributed by atoms with Gasteiger partial charge in [-0.15, -0.1) is 11.8 Å². The summed E-state index contributed by atoms with van der Waals surface area (Å²) in [5.74, 6) is 3.20. The van der Waals surface area contributed by atoms with Crippen LogP contribution >= 0.6 is 11.8 Å². The normalized spacial score (nSPS) is 19.9. The Bertz CT molecular complexity index is 714. The summed E-state index contributed by atoms with van der Waals surface area (Å²) in [6.45, 7) is 2.23. The van der Waals surface area contributed by atoms with E-state index in [9.17, 15) is 4.79 Å². The smallest absolute Gasteiger partial charge is 0.230 e. The molecule has 0 saturated heterocycles. The Labute approximate surface area is 158 Å². The van der Waals surface area contributed by atoms with Gasteiger partial charge in [-0.3, -0.25) is 4.79 Å². The van der Waals surface area contributed by atoms with E-state index in [1.165, 1.54) is 19.3 Å². The van der Waals surface area contributed by atoms with Crippen LogP contribution in [0.5, 0.6) is 5.75 Å². The molecule has 1 heterocycles. The van der Waals surface area contributed by atoms with Gasteiger partial charge in [0.25, 0.3) is 0 Å². The predicted octanol–water partition coefficient (Wildman–Crippen LogP) is 4.28. The number of ether oxygens (including phenoxy) is 1. The number of hydrogen-bond acceptors (Lipinski definition) is 5. The van der Waals surface area contributed by atoms with Crippen LogP contribution in [0.4, 0.5) is 0 Å². The first-order chi connectivity index (χ1) is 12.7. The van der Waals surface area contributed by atoms with E-state index in [2.05, 4.69) is 17.2 Å². The predicted molar refractivity (Wildman–Crippen MR) is 104 cm³/mol. The van der Waals surface area contributed by atoms with Crippen molar-refractivity contribution in [1.29, 1.82) is 0 Å². The lowest BCUT2D eigenvalue weighted by atomic mass is 9.86. The summed E-state index contributed by atoms with van der Waals surface area (Å²) < 4.78 is 10.7. The second-order valence-electron chi connectivity index (χ2n) is 6.80. The van der Waals surface area contributed by atoms with Crippen molar-refractivity contribution in [2.24, 2.45) is 5.92 Å². The highest BCUT2D eigenvalue weighted by molar-refractivity contribution is 7.99. The molecule has 1 fully saturated rings. The Morgan fingerprint density at radius 3 is 2.81 bits per heavy atom. The zero-order valence-electron chi connectivity index (χ0n) is 15.4. The number of carbonyl (C=O) groups is 1. The highest BCUT2D eigenvalue weighted by Gasteiger charge is 2.22. The molecule has 1 saturated carbocycles. The van der Waals surface area contributed by atoms with Gasteiger partial charge in [0.1, 0.15) is 12.0 Å². The molecular formula is C20H26N2O3S. The van der Waals surface area contributed by atoms with E-state index in [-0.39, 0.29) is 5.91 Å². The summed E-state index contributed by atoms with van der Waals surface area (Å²) in [7, 11) is 1.64. The first kappa shape index (κ1) is 18.8. The minimum Gasteiger partial charge on any atom is -0.497 e. The number of aromatic nitrogens is 1. The van der Waals surface area contributed by atoms with E-state index >= 15 is 0 Å². The van der Waals surface area contributed by atoms with Crippen molar-refractivity contribution in [1.82, 2.24) is 10.3 Å². The van der Waals surface area contributed by atoms with Crippen molar-refractivity contribution >= 4 is 17.7 Å². The maximum absolute atomic E-state index is 12.1. The third kappa shape index (κ3) is 5.04. The van der Waals surface area contributed by atoms with Crippen molar-refractivity contribution in [2.75, 3.05) is 12.9 Å². The Balaban J connectivity index is 1.45. The molecule has 0 bridgehead atoms. The zero-order chi connectivity index (χ0) is 18.4. The average Bonchev–Trinajstić information content (AvgIpc) is 3.12. The summed E-state index contributed by atoms with van der Waals surface area (Å²) in [6.07, 6.45) is 6.48. The number of methoxy groups -OCH3 is 1. The van der Waals surface area contributed by atoms with Crippen LogP contribution in [0.25, 0.3) is 11.5 Å². The first-order valence-corrected chi connectivity index (χ1v) is 10.3. The number of carbonyl (C=O) groups excluding carboxylic acids is 1. The molecule has 0 aliphatic heterocycles. The van der Waals surface area contributed by atoms with Crippen LogP contribution < -0.4 is 10.1 Å². The van der Waals surface area contributed by atoms with Gasteiger partial charge in [-0.25, -0.2) is 4.98 Å². The van der Waals surface area contributed by atoms with E-state index < -0.39 is 0 Å². The molecule has 1 amide bonds. The lowest BCUT2D eigenvalue weighted by Crippen LogP contribution is -2.41. The lowest BCUT2D eigenvalue weighted by Gasteiger charge is -2.29. The lowest BCUT2D eigenvalue weighted by molar-refractivity contribution is -0.119. The monoisotopic (exact) mass is 374 g/mol. The molecule has 0 spiro atoms. The topological polar surface area (TPSA) is 64.4 Å². The van der Waals surface area contributed by atoms with Crippen molar-refractivity contribution in [3.63, 3.8) is 0 Å². The number of nitrogens with zero attached hydrogens (tertiary/aromatic N) is 1. The summed E-state index contributed by atoms with van der Waals surface area (Å²) in [4.78, 5) is 16.6. The minimum atomic E-state index is 0.118. The Hall–Kier alpha value is -1.95. The van der Waals surface area contributed by atoms with Crippen LogP contribution in [-0.4, -0.2) is 29.8 Å². The number of thioether (sulfide) groups is 1. The molecule has 0 radical (unpaired) electrons. The van der Waals surface area contributed by atoms with Gasteiger partial charge in [-0.2, -0.15) is 0 Å². The molecule has 140 valence electrons. The van der Waals surface area contributed by atoms with Gasteiger partial charge in [-0.05, 0) is 43.0 Å². The Kier molecular flexibility index (Phi) is 6.61. The average molecular weight is 375 g/mol. The summed E-state index contributed by atoms with van der Waals surface area (Å²) in [5, 5.41) is 3.18. The molecule has 2 aromatic rings. The van der Waals surface area contributed by atoms with Crippen molar-refractivity contribution in [3.05, 3.63) is 36.2 Å². The molecular weight excluding hydrogens is 348 g/mol. The van der Waals surface area contributed by atoms with Crippen molar-refractivity contribution < 1.29 is 13.9 Å². The fraction of sp³-hybridized carbons (Fsp3) is 0.500. The third-order valence-corrected chi connectivity index (χ3v) is 5.80. The molecule has 2 unspecified atom stereocenters. The fourth-order valence-electron chi connectivity index (χ4n) is 3.27. The maximum Gasteiger partial charge on any atom is 0.230 e. The first-order valence-electron chi connectivity index (χ1n) is 9.11. The van der Waals surface area contributed by atoms with E-state index in [4.69, 9.17) is 9.15 Å². The van der Waals surface area contributed by atoms with Crippen molar-refractivity contribution in [2.45, 2.75) is 44.4 Å². The standard InChI is InChI=1S/C20H26N2O3S/c1-14-5-3-4-6-18(14)22-19(23)13-26-12-16-11-25-20(21-16)15-7-9-17(24-2)10-8-15/h7-11,14,18H,3-6,12-13H2,1-2H3,(H,22,23). The molecule has 1 N–H and O–H groups in total. The van der Waals surface area contributed by atoms with Gasteiger partial charge in [-0.1, -0.05) is 19.8 Å². The molecule has 1 aliphatic carbocycles. The van der Waals surface area contributed by atoms with E-state index in [1.807, 2.05) is 24.3 Å². The number of nitrogens with one attached hydrogen (secondary N) is 1. The van der Waals surface area contributed by atoms with Crippen LogP contribution in [-0.2, 0) is 10.5 Å². The van der Waals surface area contributed by atoms with Crippen LogP contribution in [0.15, 0.2) is 34.9 Å². The number of rotatable bonds is 7. The molecule has 5 nitrogen and oxygen atoms in total. The van der Waals surface area contributed by atoms with Gasteiger partial charge < -0.3 is 14.5 Å². The summed E-state index contributed by atoms with van der Waals surface area (Å²) in [6, 6.07) is 7.93. The number of oxazole rings is 1. The molecule has 6 heteroatoms. The molecule has 3 rings (SSSR count). The third-order valence-electron chi connectivity index (χ3n) is 4.83. The molecule has 1 aliphatic rings. The van der Waals surface area contributed by atoms with Gasteiger partial charge in [0.2, 0.25) is 11.8 Å². The van der Waals surface area contributed by atoms with Crippen LogP contribution in [0, 0.1) is 5.92 Å². The van der Waals surface area contributed by atoms with Crippen molar-refractivity contribution in [3.8, 4) is 17.2 Å². The van der Waals surface area contributed by atoms with E-state index in [0.29, 0.717) is 29.4 Å². The largest absolute Gasteiger partial charge is 0.497 e. The Morgan fingerprint density at radius 2 is 2.08 bits per heavy atom. The van der Waals surface area contributed by atoms with Gasteiger partial charge in [0.15, 0.2) is 0 Å². The van der Waals surface area contributed by atoms with E-state index in [0.717, 1.165) is 23.4 Å². The maximum atomic E-state index is 12.1. The highest BCUT2D eigenvalue weighted by atomic mass is 32.2. The molecule has 26 heavy (non-hydrogen) atoms. The van der Waals surface area contributed by atoms with Gasteiger partial charge >= 0.3 is 0 Å². The van der Waals surface area contributed by atoms with Gasteiger partial charge in [0.05, 0.1) is 18.6 Å². The Morgan fingerprint density at radius 1 is 1.31 bits per heavy atom. The quantitative estimate of drug-likeness (QED) is 0.784. The molecule has 1 aromatic carbocycles. The zero-order valence-corrected chi connectivity index (χ0v) is 16.2. The van der Waals surface area contributed by atoms with E-state index in [1.54, 1.807) is 25.1 Å². The minimum absolute atomic E-state index is 0.118.